The lowest BCUT2D eigenvalue weighted by Crippen LogP contribution is -2.12. The molecule has 0 unspecified atom stereocenters. The molecule has 0 radical (unpaired) electrons. The largest absolute Gasteiger partial charge is 0.416 e. The summed E-state index contributed by atoms with van der Waals surface area (Å²) in [5.74, 6) is -1.60. The van der Waals surface area contributed by atoms with Gasteiger partial charge < -0.3 is 4.18 Å². The molecule has 0 spiro atoms. The van der Waals surface area contributed by atoms with Crippen molar-refractivity contribution in [1.29, 1.82) is 0 Å². The van der Waals surface area contributed by atoms with Gasteiger partial charge in [-0.25, -0.2) is 4.39 Å². The van der Waals surface area contributed by atoms with E-state index in [1.165, 1.54) is 12.1 Å². The van der Waals surface area contributed by atoms with Crippen LogP contribution in [0, 0.1) is 5.82 Å². The molecule has 0 saturated heterocycles. The van der Waals surface area contributed by atoms with E-state index in [0.29, 0.717) is 6.07 Å². The van der Waals surface area contributed by atoms with Gasteiger partial charge in [0.05, 0.1) is 5.56 Å². The molecule has 0 amide bonds. The summed E-state index contributed by atoms with van der Waals surface area (Å²) in [4.78, 5) is -0.748. The van der Waals surface area contributed by atoms with E-state index in [2.05, 4.69) is 4.18 Å². The summed E-state index contributed by atoms with van der Waals surface area (Å²) in [5.41, 5.74) is -1.07. The SMILES string of the molecule is O=S(=O)(Oc1cccc(C(F)(F)F)c1)c1ccccc1F. The van der Waals surface area contributed by atoms with Gasteiger partial charge in [0, 0.05) is 0 Å². The second kappa shape index (κ2) is 5.36. The van der Waals surface area contributed by atoms with Gasteiger partial charge in [-0.2, -0.15) is 21.6 Å². The van der Waals surface area contributed by atoms with Crippen LogP contribution in [0.25, 0.3) is 0 Å². The van der Waals surface area contributed by atoms with Gasteiger partial charge >= 0.3 is 16.3 Å². The van der Waals surface area contributed by atoms with Crippen LogP contribution >= 0.6 is 0 Å². The second-order valence-electron chi connectivity index (χ2n) is 3.99. The number of alkyl halides is 3. The molecule has 3 nitrogen and oxygen atoms in total. The molecule has 0 atom stereocenters. The van der Waals surface area contributed by atoms with Crippen LogP contribution in [-0.2, 0) is 16.3 Å². The van der Waals surface area contributed by atoms with E-state index in [0.717, 1.165) is 30.3 Å². The normalized spacial score (nSPS) is 12.2. The first kappa shape index (κ1) is 15.3. The fourth-order valence-corrected chi connectivity index (χ4v) is 2.54. The van der Waals surface area contributed by atoms with Crippen LogP contribution in [0.2, 0.25) is 0 Å². The average molecular weight is 320 g/mol. The summed E-state index contributed by atoms with van der Waals surface area (Å²) in [6, 6.07) is 7.73. The zero-order chi connectivity index (χ0) is 15.7. The van der Waals surface area contributed by atoms with E-state index >= 15 is 0 Å². The highest BCUT2D eigenvalue weighted by molar-refractivity contribution is 7.87. The van der Waals surface area contributed by atoms with Crippen LogP contribution in [0.4, 0.5) is 17.6 Å². The lowest BCUT2D eigenvalue weighted by molar-refractivity contribution is -0.137. The van der Waals surface area contributed by atoms with Gasteiger partial charge in [0.15, 0.2) is 0 Å². The first-order valence-corrected chi connectivity index (χ1v) is 6.97. The van der Waals surface area contributed by atoms with Crippen LogP contribution in [0.5, 0.6) is 5.75 Å². The topological polar surface area (TPSA) is 43.4 Å². The maximum Gasteiger partial charge on any atom is 0.416 e. The molecule has 2 aromatic carbocycles. The zero-order valence-corrected chi connectivity index (χ0v) is 11.1. The molecule has 0 aliphatic heterocycles. The fourth-order valence-electron chi connectivity index (χ4n) is 1.54. The van der Waals surface area contributed by atoms with E-state index in [4.69, 9.17) is 0 Å². The molecular weight excluding hydrogens is 312 g/mol. The molecule has 0 heterocycles. The van der Waals surface area contributed by atoms with Gasteiger partial charge in [0.1, 0.15) is 16.5 Å². The Morgan fingerprint density at radius 1 is 0.952 bits per heavy atom. The molecule has 0 N–H and O–H groups in total. The minimum atomic E-state index is -4.64. The summed E-state index contributed by atoms with van der Waals surface area (Å²) in [5, 5.41) is 0. The van der Waals surface area contributed by atoms with Crippen LogP contribution in [-0.4, -0.2) is 8.42 Å². The zero-order valence-electron chi connectivity index (χ0n) is 10.3. The Labute approximate surface area is 117 Å². The van der Waals surface area contributed by atoms with Crippen LogP contribution in [0.3, 0.4) is 0 Å². The second-order valence-corrected chi connectivity index (χ2v) is 5.51. The predicted octanol–water partition coefficient (Wildman–Crippen LogP) is 3.61. The van der Waals surface area contributed by atoms with E-state index in [-0.39, 0.29) is 0 Å². The smallest absolute Gasteiger partial charge is 0.379 e. The first-order chi connectivity index (χ1) is 9.70. The molecule has 0 saturated carbocycles. The Balaban J connectivity index is 2.36. The summed E-state index contributed by atoms with van der Waals surface area (Å²) in [6.45, 7) is 0. The Morgan fingerprint density at radius 3 is 2.24 bits per heavy atom. The molecule has 0 fully saturated rings. The van der Waals surface area contributed by atoms with Crippen molar-refractivity contribution in [3.8, 4) is 5.75 Å². The molecule has 112 valence electrons. The summed E-state index contributed by atoms with van der Waals surface area (Å²) in [6.07, 6.45) is -4.64. The van der Waals surface area contributed by atoms with E-state index in [9.17, 15) is 26.0 Å². The maximum absolute atomic E-state index is 13.4. The van der Waals surface area contributed by atoms with Crippen molar-refractivity contribution in [1.82, 2.24) is 0 Å². The minimum absolute atomic E-state index is 0.526. The van der Waals surface area contributed by atoms with Crippen molar-refractivity contribution >= 4 is 10.1 Å². The molecule has 2 aromatic rings. The highest BCUT2D eigenvalue weighted by atomic mass is 32.2. The minimum Gasteiger partial charge on any atom is -0.379 e. The van der Waals surface area contributed by atoms with Gasteiger partial charge in [0.25, 0.3) is 0 Å². The average Bonchev–Trinajstić information content (AvgIpc) is 2.37. The third-order valence-electron chi connectivity index (χ3n) is 2.47. The van der Waals surface area contributed by atoms with Gasteiger partial charge in [0.2, 0.25) is 0 Å². The molecule has 0 aliphatic rings. The lowest BCUT2D eigenvalue weighted by atomic mass is 10.2. The van der Waals surface area contributed by atoms with Crippen molar-refractivity contribution in [3.05, 3.63) is 59.9 Å². The molecule has 0 bridgehead atoms. The number of hydrogen-bond acceptors (Lipinski definition) is 3. The fraction of sp³-hybridized carbons (Fsp3) is 0.0769. The Kier molecular flexibility index (Phi) is 3.91. The molecule has 2 rings (SSSR count). The predicted molar refractivity (Wildman–Crippen MR) is 65.7 cm³/mol. The Morgan fingerprint density at radius 2 is 1.62 bits per heavy atom. The van der Waals surface area contributed by atoms with Crippen molar-refractivity contribution < 1.29 is 30.2 Å². The van der Waals surface area contributed by atoms with Crippen molar-refractivity contribution in [3.63, 3.8) is 0 Å². The quantitative estimate of drug-likeness (QED) is 0.641. The third kappa shape index (κ3) is 3.52. The Hall–Kier alpha value is -2.09. The highest BCUT2D eigenvalue weighted by Crippen LogP contribution is 2.32. The molecule has 0 aliphatic carbocycles. The van der Waals surface area contributed by atoms with E-state index < -0.39 is 38.3 Å². The number of halogens is 4. The molecule has 8 heteroatoms. The molecule has 0 aromatic heterocycles. The van der Waals surface area contributed by atoms with Gasteiger partial charge in [-0.15, -0.1) is 0 Å². The van der Waals surface area contributed by atoms with Crippen LogP contribution < -0.4 is 4.18 Å². The van der Waals surface area contributed by atoms with Crippen molar-refractivity contribution in [2.75, 3.05) is 0 Å². The molecule has 21 heavy (non-hydrogen) atoms. The van der Waals surface area contributed by atoms with Gasteiger partial charge in [-0.3, -0.25) is 0 Å². The van der Waals surface area contributed by atoms with Gasteiger partial charge in [-0.1, -0.05) is 18.2 Å². The van der Waals surface area contributed by atoms with Crippen LogP contribution in [0.1, 0.15) is 5.56 Å². The summed E-state index contributed by atoms with van der Waals surface area (Å²) < 4.78 is 79.2. The highest BCUT2D eigenvalue weighted by Gasteiger charge is 2.31. The number of rotatable bonds is 3. The number of hydrogen-bond donors (Lipinski definition) is 0. The van der Waals surface area contributed by atoms with Crippen molar-refractivity contribution in [2.24, 2.45) is 0 Å². The Bertz CT molecular complexity index is 754. The standard InChI is InChI=1S/C13H8F4O3S/c14-11-6-1-2-7-12(11)21(18,19)20-10-5-3-4-9(8-10)13(15,16)17/h1-8H. The lowest BCUT2D eigenvalue weighted by Gasteiger charge is -2.10. The third-order valence-corrected chi connectivity index (χ3v) is 3.75. The first-order valence-electron chi connectivity index (χ1n) is 5.56. The van der Waals surface area contributed by atoms with E-state index in [1.807, 2.05) is 0 Å². The van der Waals surface area contributed by atoms with Gasteiger partial charge in [-0.05, 0) is 30.3 Å². The maximum atomic E-state index is 13.4. The van der Waals surface area contributed by atoms with E-state index in [1.54, 1.807) is 0 Å². The summed E-state index contributed by atoms with van der Waals surface area (Å²) in [7, 11) is -4.55. The molecular formula is C13H8F4O3S. The van der Waals surface area contributed by atoms with Crippen LogP contribution in [0.15, 0.2) is 53.4 Å². The number of benzene rings is 2. The van der Waals surface area contributed by atoms with Crippen molar-refractivity contribution in [2.45, 2.75) is 11.1 Å². The summed E-state index contributed by atoms with van der Waals surface area (Å²) >= 11 is 0. The monoisotopic (exact) mass is 320 g/mol.